The molecule has 2 atom stereocenters. The summed E-state index contributed by atoms with van der Waals surface area (Å²) in [7, 11) is 0. The van der Waals surface area contributed by atoms with Gasteiger partial charge in [0.15, 0.2) is 5.82 Å². The van der Waals surface area contributed by atoms with E-state index in [0.717, 1.165) is 5.56 Å². The maximum absolute atomic E-state index is 13.6. The number of nitrogens with one attached hydrogen (secondary N) is 3. The quantitative estimate of drug-likeness (QED) is 0.565. The Labute approximate surface area is 180 Å². The fourth-order valence-corrected chi connectivity index (χ4v) is 4.00. The molecule has 1 aliphatic rings. The highest BCUT2D eigenvalue weighted by Gasteiger charge is 2.40. The van der Waals surface area contributed by atoms with E-state index in [-0.39, 0.29) is 29.8 Å². The minimum absolute atomic E-state index is 0.00694. The fraction of sp³-hybridized carbons (Fsp3) is 0.409. The largest absolute Gasteiger partial charge is 0.351 e. The molecule has 3 heterocycles. The standard InChI is InChI=1S/C22H27N7O2/c1-13(2)9-19(30)25-16-10-18(21-24-14(3)26-28-21)29(12-16)22(31)17-11-23-27-20(17)15-7-5-4-6-8-15/h4-8,11,13,16,18H,9-10,12H2,1-3H3,(H,23,27)(H,25,30)(H,24,26,28). The number of aromatic nitrogens is 5. The third kappa shape index (κ3) is 4.50. The van der Waals surface area contributed by atoms with Gasteiger partial charge in [-0.15, -0.1) is 0 Å². The molecule has 0 radical (unpaired) electrons. The third-order valence-electron chi connectivity index (χ3n) is 5.37. The first kappa shape index (κ1) is 20.8. The molecule has 9 nitrogen and oxygen atoms in total. The summed E-state index contributed by atoms with van der Waals surface area (Å²) in [4.78, 5) is 32.1. The molecule has 3 N–H and O–H groups in total. The molecule has 0 bridgehead atoms. The maximum Gasteiger partial charge on any atom is 0.258 e. The molecule has 1 aromatic carbocycles. The number of carbonyl (C=O) groups excluding carboxylic acids is 2. The van der Waals surface area contributed by atoms with Gasteiger partial charge in [-0.05, 0) is 19.3 Å². The topological polar surface area (TPSA) is 120 Å². The number of hydrogen-bond acceptors (Lipinski definition) is 5. The Hall–Kier alpha value is -3.49. The third-order valence-corrected chi connectivity index (χ3v) is 5.37. The average molecular weight is 422 g/mol. The molecule has 1 saturated heterocycles. The van der Waals surface area contributed by atoms with Crippen LogP contribution < -0.4 is 5.32 Å². The lowest BCUT2D eigenvalue weighted by Crippen LogP contribution is -2.39. The first-order valence-electron chi connectivity index (χ1n) is 10.5. The number of likely N-dealkylation sites (tertiary alicyclic amines) is 1. The Kier molecular flexibility index (Phi) is 5.83. The van der Waals surface area contributed by atoms with Crippen LogP contribution in [0.25, 0.3) is 11.3 Å². The SMILES string of the molecule is Cc1nc(C2CC(NC(=O)CC(C)C)CN2C(=O)c2cn[nH]c2-c2ccccc2)n[nH]1. The number of amides is 2. The van der Waals surface area contributed by atoms with Gasteiger partial charge in [0.2, 0.25) is 5.91 Å². The van der Waals surface area contributed by atoms with Crippen molar-refractivity contribution in [3.8, 4) is 11.3 Å². The highest BCUT2D eigenvalue weighted by atomic mass is 16.2. The van der Waals surface area contributed by atoms with Gasteiger partial charge in [-0.2, -0.15) is 10.2 Å². The van der Waals surface area contributed by atoms with Gasteiger partial charge in [-0.1, -0.05) is 44.2 Å². The lowest BCUT2D eigenvalue weighted by atomic mass is 10.1. The number of nitrogens with zero attached hydrogens (tertiary/aromatic N) is 4. The number of benzene rings is 1. The highest BCUT2D eigenvalue weighted by Crippen LogP contribution is 2.33. The molecule has 0 aliphatic carbocycles. The Bertz CT molecular complexity index is 1060. The van der Waals surface area contributed by atoms with Gasteiger partial charge in [-0.25, -0.2) is 4.98 Å². The molecular formula is C22H27N7O2. The summed E-state index contributed by atoms with van der Waals surface area (Å²) in [5.74, 6) is 1.33. The van der Waals surface area contributed by atoms with Gasteiger partial charge in [0.05, 0.1) is 23.5 Å². The van der Waals surface area contributed by atoms with Crippen LogP contribution in [0.3, 0.4) is 0 Å². The van der Waals surface area contributed by atoms with Gasteiger partial charge >= 0.3 is 0 Å². The summed E-state index contributed by atoms with van der Waals surface area (Å²) in [6.07, 6.45) is 2.57. The smallest absolute Gasteiger partial charge is 0.258 e. The predicted octanol–water partition coefficient (Wildman–Crippen LogP) is 2.62. The molecule has 2 amide bonds. The summed E-state index contributed by atoms with van der Waals surface area (Å²) >= 11 is 0. The second-order valence-corrected chi connectivity index (χ2v) is 8.38. The Balaban J connectivity index is 1.61. The molecule has 3 aromatic rings. The van der Waals surface area contributed by atoms with E-state index in [1.807, 2.05) is 51.1 Å². The molecule has 1 aliphatic heterocycles. The van der Waals surface area contributed by atoms with E-state index < -0.39 is 0 Å². The summed E-state index contributed by atoms with van der Waals surface area (Å²) in [5.41, 5.74) is 2.04. The van der Waals surface area contributed by atoms with Crippen LogP contribution in [0, 0.1) is 12.8 Å². The predicted molar refractivity (Wildman–Crippen MR) is 115 cm³/mol. The van der Waals surface area contributed by atoms with Crippen molar-refractivity contribution >= 4 is 11.8 Å². The van der Waals surface area contributed by atoms with E-state index in [2.05, 4.69) is 30.7 Å². The molecule has 0 spiro atoms. The number of hydrogen-bond donors (Lipinski definition) is 3. The Morgan fingerprint density at radius 3 is 2.68 bits per heavy atom. The molecule has 162 valence electrons. The number of aromatic amines is 2. The number of rotatable bonds is 6. The maximum atomic E-state index is 13.6. The van der Waals surface area contributed by atoms with Gasteiger partial charge < -0.3 is 10.2 Å². The molecule has 9 heteroatoms. The zero-order chi connectivity index (χ0) is 22.0. The Morgan fingerprint density at radius 1 is 1.23 bits per heavy atom. The first-order valence-corrected chi connectivity index (χ1v) is 10.5. The van der Waals surface area contributed by atoms with Crippen LogP contribution in [-0.2, 0) is 4.79 Å². The van der Waals surface area contributed by atoms with E-state index in [0.29, 0.717) is 42.3 Å². The molecule has 1 fully saturated rings. The van der Waals surface area contributed by atoms with E-state index in [9.17, 15) is 9.59 Å². The van der Waals surface area contributed by atoms with Crippen molar-refractivity contribution in [1.29, 1.82) is 0 Å². The van der Waals surface area contributed by atoms with Crippen LogP contribution in [0.1, 0.15) is 54.7 Å². The first-order chi connectivity index (χ1) is 14.9. The second-order valence-electron chi connectivity index (χ2n) is 8.38. The minimum Gasteiger partial charge on any atom is -0.351 e. The number of H-pyrrole nitrogens is 2. The molecule has 2 aromatic heterocycles. The van der Waals surface area contributed by atoms with Crippen LogP contribution in [0.2, 0.25) is 0 Å². The van der Waals surface area contributed by atoms with Crippen LogP contribution in [0.15, 0.2) is 36.5 Å². The van der Waals surface area contributed by atoms with Gasteiger partial charge in [0.1, 0.15) is 5.82 Å². The lowest BCUT2D eigenvalue weighted by molar-refractivity contribution is -0.122. The fourth-order valence-electron chi connectivity index (χ4n) is 4.00. The van der Waals surface area contributed by atoms with Gasteiger partial charge in [0, 0.05) is 24.6 Å². The normalized spacial score (nSPS) is 18.5. The molecule has 4 rings (SSSR count). The van der Waals surface area contributed by atoms with E-state index in [4.69, 9.17) is 0 Å². The van der Waals surface area contributed by atoms with E-state index >= 15 is 0 Å². The molecule has 2 unspecified atom stereocenters. The van der Waals surface area contributed by atoms with Crippen LogP contribution >= 0.6 is 0 Å². The van der Waals surface area contributed by atoms with Gasteiger partial charge in [0.25, 0.3) is 5.91 Å². The van der Waals surface area contributed by atoms with Crippen molar-refractivity contribution in [1.82, 2.24) is 35.6 Å². The summed E-state index contributed by atoms with van der Waals surface area (Å²) in [5, 5.41) is 17.3. The molecular weight excluding hydrogens is 394 g/mol. The van der Waals surface area contributed by atoms with Crippen LogP contribution in [0.4, 0.5) is 0 Å². The van der Waals surface area contributed by atoms with Crippen molar-refractivity contribution in [2.45, 2.75) is 45.7 Å². The van der Waals surface area contributed by atoms with Crippen LogP contribution in [-0.4, -0.2) is 54.7 Å². The number of aryl methyl sites for hydroxylation is 1. The zero-order valence-electron chi connectivity index (χ0n) is 17.9. The van der Waals surface area contributed by atoms with Crippen molar-refractivity contribution < 1.29 is 9.59 Å². The van der Waals surface area contributed by atoms with E-state index in [1.54, 1.807) is 11.1 Å². The summed E-state index contributed by atoms with van der Waals surface area (Å²) in [6, 6.07) is 9.12. The zero-order valence-corrected chi connectivity index (χ0v) is 17.9. The highest BCUT2D eigenvalue weighted by molar-refractivity contribution is 6.00. The van der Waals surface area contributed by atoms with Crippen molar-refractivity contribution in [2.75, 3.05) is 6.54 Å². The summed E-state index contributed by atoms with van der Waals surface area (Å²) < 4.78 is 0. The molecule has 31 heavy (non-hydrogen) atoms. The lowest BCUT2D eigenvalue weighted by Gasteiger charge is -2.22. The minimum atomic E-state index is -0.333. The average Bonchev–Trinajstić information content (AvgIpc) is 3.46. The summed E-state index contributed by atoms with van der Waals surface area (Å²) in [6.45, 7) is 6.23. The molecule has 0 saturated carbocycles. The van der Waals surface area contributed by atoms with Crippen molar-refractivity contribution in [3.05, 3.63) is 53.7 Å². The second kappa shape index (κ2) is 8.71. The Morgan fingerprint density at radius 2 is 2.00 bits per heavy atom. The van der Waals surface area contributed by atoms with Gasteiger partial charge in [-0.3, -0.25) is 19.8 Å². The van der Waals surface area contributed by atoms with Crippen LogP contribution in [0.5, 0.6) is 0 Å². The van der Waals surface area contributed by atoms with Crippen molar-refractivity contribution in [2.24, 2.45) is 5.92 Å². The number of carbonyl (C=O) groups is 2. The van der Waals surface area contributed by atoms with E-state index in [1.165, 1.54) is 0 Å². The monoisotopic (exact) mass is 421 g/mol. The van der Waals surface area contributed by atoms with Crippen molar-refractivity contribution in [3.63, 3.8) is 0 Å².